The number of aromatic nitrogens is 5. The maximum Gasteiger partial charge on any atom is 0.160 e. The summed E-state index contributed by atoms with van der Waals surface area (Å²) in [5.74, 6) is 2.39. The lowest BCUT2D eigenvalue weighted by Crippen LogP contribution is -2.04. The van der Waals surface area contributed by atoms with Gasteiger partial charge in [0.1, 0.15) is 11.6 Å². The second-order valence-corrected chi connectivity index (χ2v) is 16.4. The lowest BCUT2D eigenvalue weighted by molar-refractivity contribution is 1.01. The molecule has 5 heteroatoms. The molecule has 13 rings (SSSR count). The van der Waals surface area contributed by atoms with Gasteiger partial charge in [-0.1, -0.05) is 182 Å². The van der Waals surface area contributed by atoms with Crippen LogP contribution >= 0.6 is 0 Å². The Morgan fingerprint density at radius 3 is 1.22 bits per heavy atom. The van der Waals surface area contributed by atoms with Gasteiger partial charge in [0.05, 0.1) is 33.5 Å². The van der Waals surface area contributed by atoms with Crippen LogP contribution < -0.4 is 0 Å². The van der Waals surface area contributed by atoms with Crippen LogP contribution in [-0.4, -0.2) is 24.1 Å². The van der Waals surface area contributed by atoms with Crippen LogP contribution in [0.15, 0.2) is 224 Å². The Morgan fingerprint density at radius 2 is 0.688 bits per heavy atom. The molecule has 0 N–H and O–H groups in total. The monoisotopic (exact) mass is 815 g/mol. The van der Waals surface area contributed by atoms with Crippen LogP contribution in [0.2, 0.25) is 0 Å². The summed E-state index contributed by atoms with van der Waals surface area (Å²) in [6, 6.07) is 79.6. The molecular formula is C59H37N5. The molecule has 64 heavy (non-hydrogen) atoms. The predicted octanol–water partition coefficient (Wildman–Crippen LogP) is 15.0. The maximum absolute atomic E-state index is 5.66. The number of hydrogen-bond acceptors (Lipinski definition) is 3. The lowest BCUT2D eigenvalue weighted by atomic mass is 10.0. The summed E-state index contributed by atoms with van der Waals surface area (Å²) in [5.41, 5.74) is 11.4. The highest BCUT2D eigenvalue weighted by molar-refractivity contribution is 6.22. The van der Waals surface area contributed by atoms with E-state index < -0.39 is 0 Å². The van der Waals surface area contributed by atoms with Crippen molar-refractivity contribution in [3.8, 4) is 56.7 Å². The van der Waals surface area contributed by atoms with Gasteiger partial charge in [0.15, 0.2) is 5.82 Å². The van der Waals surface area contributed by atoms with E-state index in [9.17, 15) is 0 Å². The molecule has 0 bridgehead atoms. The van der Waals surface area contributed by atoms with Crippen LogP contribution in [0.4, 0.5) is 0 Å². The first kappa shape index (κ1) is 36.0. The molecule has 0 aliphatic carbocycles. The number of nitrogens with zero attached hydrogens (tertiary/aromatic N) is 5. The van der Waals surface area contributed by atoms with Gasteiger partial charge in [-0.25, -0.2) is 15.0 Å². The molecule has 0 aliphatic heterocycles. The van der Waals surface area contributed by atoms with Gasteiger partial charge in [-0.05, 0) is 75.1 Å². The number of para-hydroxylation sites is 2. The molecule has 0 aliphatic rings. The molecule has 0 unspecified atom stereocenters. The van der Waals surface area contributed by atoms with Gasteiger partial charge >= 0.3 is 0 Å². The fraction of sp³-hybridized carbons (Fsp3) is 0. The summed E-state index contributed by atoms with van der Waals surface area (Å²) in [4.78, 5) is 15.8. The first-order valence-corrected chi connectivity index (χ1v) is 21.7. The molecule has 0 amide bonds. The SMILES string of the molecule is c1ccc(-c2cc(-c3ccc(-c4cc(-n5c6ccccc6c6c7ccccc7ccc65)nc(-n5c6ccccc6c6c7ccccc7ccc65)c4)cc3)nc(-c3ccccc3)n2)cc1. The second-order valence-electron chi connectivity index (χ2n) is 16.4. The average molecular weight is 816 g/mol. The minimum atomic E-state index is 0.697. The smallest absolute Gasteiger partial charge is 0.160 e. The summed E-state index contributed by atoms with van der Waals surface area (Å²) in [6.07, 6.45) is 0. The van der Waals surface area contributed by atoms with Crippen LogP contribution in [0.25, 0.3) is 122 Å². The third-order valence-electron chi connectivity index (χ3n) is 12.7. The highest BCUT2D eigenvalue weighted by Crippen LogP contribution is 2.40. The third kappa shape index (κ3) is 5.75. The number of hydrogen-bond donors (Lipinski definition) is 0. The van der Waals surface area contributed by atoms with Crippen LogP contribution in [0.1, 0.15) is 0 Å². The first-order valence-electron chi connectivity index (χ1n) is 21.7. The van der Waals surface area contributed by atoms with E-state index >= 15 is 0 Å². The van der Waals surface area contributed by atoms with Gasteiger partial charge in [0, 0.05) is 38.2 Å². The highest BCUT2D eigenvalue weighted by Gasteiger charge is 2.21. The van der Waals surface area contributed by atoms with Crippen molar-refractivity contribution in [3.63, 3.8) is 0 Å². The Kier molecular flexibility index (Phi) is 8.15. The van der Waals surface area contributed by atoms with Crippen molar-refractivity contribution in [1.82, 2.24) is 24.1 Å². The summed E-state index contributed by atoms with van der Waals surface area (Å²) in [5, 5.41) is 9.74. The Hall–Kier alpha value is -8.67. The Balaban J connectivity index is 1.04. The summed E-state index contributed by atoms with van der Waals surface area (Å²) >= 11 is 0. The van der Waals surface area contributed by atoms with E-state index in [2.05, 4.69) is 209 Å². The van der Waals surface area contributed by atoms with Crippen LogP contribution in [0, 0.1) is 0 Å². The zero-order valence-electron chi connectivity index (χ0n) is 34.6. The maximum atomic E-state index is 5.66. The third-order valence-corrected chi connectivity index (χ3v) is 12.7. The number of benzene rings is 9. The van der Waals surface area contributed by atoms with Gasteiger partial charge < -0.3 is 0 Å². The zero-order valence-corrected chi connectivity index (χ0v) is 34.6. The van der Waals surface area contributed by atoms with Crippen molar-refractivity contribution >= 4 is 65.2 Å². The van der Waals surface area contributed by atoms with Crippen molar-refractivity contribution in [2.75, 3.05) is 0 Å². The van der Waals surface area contributed by atoms with Gasteiger partial charge in [-0.2, -0.15) is 0 Å². The molecule has 4 aromatic heterocycles. The van der Waals surface area contributed by atoms with E-state index in [1.807, 2.05) is 24.3 Å². The van der Waals surface area contributed by atoms with E-state index in [4.69, 9.17) is 15.0 Å². The van der Waals surface area contributed by atoms with Crippen molar-refractivity contribution in [3.05, 3.63) is 224 Å². The van der Waals surface area contributed by atoms with Gasteiger partial charge in [-0.3, -0.25) is 9.13 Å². The molecule has 9 aromatic carbocycles. The number of fused-ring (bicyclic) bond motifs is 10. The van der Waals surface area contributed by atoms with Crippen molar-refractivity contribution in [2.45, 2.75) is 0 Å². The Bertz CT molecular complexity index is 3710. The first-order chi connectivity index (χ1) is 31.7. The topological polar surface area (TPSA) is 48.5 Å². The van der Waals surface area contributed by atoms with E-state index in [1.54, 1.807) is 0 Å². The number of rotatable bonds is 6. The highest BCUT2D eigenvalue weighted by atomic mass is 15.1. The van der Waals surface area contributed by atoms with Gasteiger partial charge in [-0.15, -0.1) is 0 Å². The molecule has 0 fully saturated rings. The van der Waals surface area contributed by atoms with Crippen molar-refractivity contribution < 1.29 is 0 Å². The Morgan fingerprint density at radius 1 is 0.266 bits per heavy atom. The molecule has 0 spiro atoms. The van der Waals surface area contributed by atoms with Crippen molar-refractivity contribution in [1.29, 1.82) is 0 Å². The standard InChI is InChI=1S/C59H37N5/c1-3-17-41(18-4-1)49-37-50(61-59(60-49)43-19-5-2-6-20-43)42-29-27-38(28-30-42)44-35-55(63-51-25-13-11-23-47(51)57-45-21-9-7-15-39(45)31-33-53(57)63)62-56(36-44)64-52-26-14-12-24-48(52)58-46-22-10-8-16-40(46)32-34-54(58)64/h1-37H. The van der Waals surface area contributed by atoms with Crippen LogP contribution in [0.5, 0.6) is 0 Å². The largest absolute Gasteiger partial charge is 0.294 e. The van der Waals surface area contributed by atoms with Crippen molar-refractivity contribution in [2.24, 2.45) is 0 Å². The quantitative estimate of drug-likeness (QED) is 0.168. The molecule has 298 valence electrons. The van der Waals surface area contributed by atoms with E-state index in [0.29, 0.717) is 5.82 Å². The van der Waals surface area contributed by atoms with Crippen LogP contribution in [0.3, 0.4) is 0 Å². The second kappa shape index (κ2) is 14.5. The van der Waals surface area contributed by atoms with Gasteiger partial charge in [0.2, 0.25) is 0 Å². The van der Waals surface area contributed by atoms with E-state index in [-0.39, 0.29) is 0 Å². The minimum Gasteiger partial charge on any atom is -0.294 e. The normalized spacial score (nSPS) is 11.8. The molecule has 0 atom stereocenters. The molecule has 0 saturated carbocycles. The van der Waals surface area contributed by atoms with E-state index in [0.717, 1.165) is 72.9 Å². The summed E-state index contributed by atoms with van der Waals surface area (Å²) < 4.78 is 4.69. The fourth-order valence-corrected chi connectivity index (χ4v) is 9.77. The molecule has 0 saturated heterocycles. The van der Waals surface area contributed by atoms with E-state index in [1.165, 1.54) is 43.1 Å². The predicted molar refractivity (Wildman–Crippen MR) is 265 cm³/mol. The molecule has 13 aromatic rings. The average Bonchev–Trinajstić information content (AvgIpc) is 3.90. The summed E-state index contributed by atoms with van der Waals surface area (Å²) in [6.45, 7) is 0. The molecule has 0 radical (unpaired) electrons. The minimum absolute atomic E-state index is 0.697. The zero-order chi connectivity index (χ0) is 42.1. The molecular weight excluding hydrogens is 779 g/mol. The lowest BCUT2D eigenvalue weighted by Gasteiger charge is -2.15. The number of pyridine rings is 1. The molecule has 4 heterocycles. The summed E-state index contributed by atoms with van der Waals surface area (Å²) in [7, 11) is 0. The molecule has 5 nitrogen and oxygen atoms in total. The fourth-order valence-electron chi connectivity index (χ4n) is 9.77. The van der Waals surface area contributed by atoms with Gasteiger partial charge in [0.25, 0.3) is 0 Å². The Labute approximate surface area is 368 Å². The van der Waals surface area contributed by atoms with Crippen LogP contribution in [-0.2, 0) is 0 Å².